The summed E-state index contributed by atoms with van der Waals surface area (Å²) in [7, 11) is 0. The van der Waals surface area contributed by atoms with Crippen LogP contribution >= 0.6 is 23.2 Å². The van der Waals surface area contributed by atoms with Gasteiger partial charge in [-0.1, -0.05) is 65.7 Å². The second kappa shape index (κ2) is 10.9. The third kappa shape index (κ3) is 5.47. The highest BCUT2D eigenvalue weighted by Crippen LogP contribution is 2.24. The summed E-state index contributed by atoms with van der Waals surface area (Å²) in [5.41, 5.74) is 2.52. The van der Waals surface area contributed by atoms with Crippen LogP contribution in [0.3, 0.4) is 0 Å². The van der Waals surface area contributed by atoms with E-state index < -0.39 is 5.97 Å². The zero-order valence-electron chi connectivity index (χ0n) is 19.8. The van der Waals surface area contributed by atoms with Crippen molar-refractivity contribution >= 4 is 52.2 Å². The average Bonchev–Trinajstić information content (AvgIpc) is 2.93. The maximum Gasteiger partial charge on any atom is 0.335 e. The van der Waals surface area contributed by atoms with Gasteiger partial charge in [0, 0.05) is 0 Å². The molecule has 0 amide bonds. The van der Waals surface area contributed by atoms with Crippen LogP contribution in [-0.2, 0) is 6.61 Å². The summed E-state index contributed by atoms with van der Waals surface area (Å²) in [6, 6.07) is 26.1. The number of hydrogen-bond donors (Lipinski definition) is 1. The molecule has 0 spiro atoms. The standard InChI is InChI=1S/C30H20Cl2N2O4/c31-25-14-10-20(16-26(25)32)18-38-23-12-8-19(9-13-23)11-15-28-33-27-7-2-1-6-24(27)29(35)34(28)22-5-3-4-21(17-22)30(36)37/h1-17H,18H2,(H,36,37)/b15-11+. The van der Waals surface area contributed by atoms with Crippen LogP contribution in [0.2, 0.25) is 10.0 Å². The summed E-state index contributed by atoms with van der Waals surface area (Å²) < 4.78 is 7.26. The molecule has 8 heteroatoms. The van der Waals surface area contributed by atoms with Gasteiger partial charge in [-0.05, 0) is 71.8 Å². The van der Waals surface area contributed by atoms with Crippen molar-refractivity contribution < 1.29 is 14.6 Å². The van der Waals surface area contributed by atoms with Crippen molar-refractivity contribution in [3.63, 3.8) is 0 Å². The molecular formula is C30H20Cl2N2O4. The van der Waals surface area contributed by atoms with E-state index in [1.807, 2.05) is 42.5 Å². The molecule has 1 aromatic heterocycles. The lowest BCUT2D eigenvalue weighted by Gasteiger charge is -2.12. The summed E-state index contributed by atoms with van der Waals surface area (Å²) in [4.78, 5) is 29.6. The zero-order chi connectivity index (χ0) is 26.6. The molecule has 188 valence electrons. The number of fused-ring (bicyclic) bond motifs is 1. The number of rotatable bonds is 7. The topological polar surface area (TPSA) is 81.4 Å². The number of halogens is 2. The molecule has 6 nitrogen and oxygen atoms in total. The molecule has 5 rings (SSSR count). The van der Waals surface area contributed by atoms with E-state index in [0.29, 0.717) is 44.8 Å². The van der Waals surface area contributed by atoms with Gasteiger partial charge in [-0.3, -0.25) is 9.36 Å². The SMILES string of the molecule is O=C(O)c1cccc(-n2c(/C=C/c3ccc(OCc4ccc(Cl)c(Cl)c4)cc3)nc3ccccc3c2=O)c1. The smallest absolute Gasteiger partial charge is 0.335 e. The Labute approximate surface area is 228 Å². The molecule has 0 aliphatic rings. The van der Waals surface area contributed by atoms with Crippen LogP contribution < -0.4 is 10.3 Å². The Balaban J connectivity index is 1.44. The number of nitrogens with zero attached hydrogens (tertiary/aromatic N) is 2. The first-order valence-electron chi connectivity index (χ1n) is 11.6. The second-order valence-corrected chi connectivity index (χ2v) is 9.24. The molecular weight excluding hydrogens is 523 g/mol. The van der Waals surface area contributed by atoms with E-state index in [4.69, 9.17) is 27.9 Å². The molecule has 0 unspecified atom stereocenters. The fourth-order valence-corrected chi connectivity index (χ4v) is 4.25. The van der Waals surface area contributed by atoms with Crippen molar-refractivity contribution in [1.29, 1.82) is 0 Å². The highest BCUT2D eigenvalue weighted by molar-refractivity contribution is 6.42. The van der Waals surface area contributed by atoms with Crippen molar-refractivity contribution in [2.75, 3.05) is 0 Å². The number of hydrogen-bond acceptors (Lipinski definition) is 4. The minimum absolute atomic E-state index is 0.0777. The highest BCUT2D eigenvalue weighted by Gasteiger charge is 2.13. The number of para-hydroxylation sites is 1. The molecule has 0 fully saturated rings. The number of carbonyl (C=O) groups is 1. The van der Waals surface area contributed by atoms with E-state index in [2.05, 4.69) is 4.98 Å². The Morgan fingerprint density at radius 3 is 2.45 bits per heavy atom. The molecule has 0 radical (unpaired) electrons. The Hall–Kier alpha value is -4.39. The van der Waals surface area contributed by atoms with Crippen LogP contribution in [-0.4, -0.2) is 20.6 Å². The number of ether oxygens (including phenoxy) is 1. The zero-order valence-corrected chi connectivity index (χ0v) is 21.4. The number of aromatic nitrogens is 2. The first-order chi connectivity index (χ1) is 18.4. The minimum Gasteiger partial charge on any atom is -0.489 e. The van der Waals surface area contributed by atoms with Gasteiger partial charge in [0.1, 0.15) is 18.2 Å². The van der Waals surface area contributed by atoms with E-state index in [-0.39, 0.29) is 11.1 Å². The predicted octanol–water partition coefficient (Wildman–Crippen LogP) is 7.14. The van der Waals surface area contributed by atoms with Crippen LogP contribution in [0, 0.1) is 0 Å². The Bertz CT molecular complexity index is 1740. The van der Waals surface area contributed by atoms with Crippen molar-refractivity contribution in [2.24, 2.45) is 0 Å². The van der Waals surface area contributed by atoms with Gasteiger partial charge in [-0.2, -0.15) is 0 Å². The number of aromatic carboxylic acids is 1. The molecule has 0 aliphatic carbocycles. The first-order valence-corrected chi connectivity index (χ1v) is 12.3. The van der Waals surface area contributed by atoms with Crippen LogP contribution in [0.4, 0.5) is 0 Å². The molecule has 0 aliphatic heterocycles. The first kappa shape index (κ1) is 25.3. The van der Waals surface area contributed by atoms with Crippen molar-refractivity contribution in [1.82, 2.24) is 9.55 Å². The van der Waals surface area contributed by atoms with E-state index in [1.54, 1.807) is 48.5 Å². The minimum atomic E-state index is -1.08. The Kier molecular flexibility index (Phi) is 7.26. The molecule has 0 atom stereocenters. The van der Waals surface area contributed by atoms with Gasteiger partial charge in [0.25, 0.3) is 5.56 Å². The van der Waals surface area contributed by atoms with Crippen LogP contribution in [0.5, 0.6) is 5.75 Å². The monoisotopic (exact) mass is 542 g/mol. The van der Waals surface area contributed by atoms with Crippen LogP contribution in [0.15, 0.2) is 95.8 Å². The summed E-state index contributed by atoms with van der Waals surface area (Å²) in [5, 5.41) is 10.8. The average molecular weight is 543 g/mol. The molecule has 38 heavy (non-hydrogen) atoms. The van der Waals surface area contributed by atoms with Crippen LogP contribution in [0.1, 0.15) is 27.3 Å². The van der Waals surface area contributed by atoms with Gasteiger partial charge in [0.2, 0.25) is 0 Å². The highest BCUT2D eigenvalue weighted by atomic mass is 35.5. The summed E-state index contributed by atoms with van der Waals surface area (Å²) in [5.74, 6) is -0.0252. The lowest BCUT2D eigenvalue weighted by atomic mass is 10.1. The van der Waals surface area contributed by atoms with Gasteiger partial charge in [0.15, 0.2) is 0 Å². The quantitative estimate of drug-likeness (QED) is 0.236. The summed E-state index contributed by atoms with van der Waals surface area (Å²) in [6.45, 7) is 0.342. The van der Waals surface area contributed by atoms with Crippen molar-refractivity contribution in [3.05, 3.63) is 134 Å². The van der Waals surface area contributed by atoms with Crippen molar-refractivity contribution in [2.45, 2.75) is 6.61 Å². The maximum absolute atomic E-state index is 13.4. The summed E-state index contributed by atoms with van der Waals surface area (Å²) >= 11 is 12.0. The molecule has 5 aromatic rings. The Morgan fingerprint density at radius 1 is 0.895 bits per heavy atom. The number of carboxylic acids is 1. The third-order valence-electron chi connectivity index (χ3n) is 5.85. The van der Waals surface area contributed by atoms with E-state index in [9.17, 15) is 14.7 Å². The molecule has 0 saturated carbocycles. The lowest BCUT2D eigenvalue weighted by molar-refractivity contribution is 0.0697. The van der Waals surface area contributed by atoms with Crippen LogP contribution in [0.25, 0.3) is 28.7 Å². The fourth-order valence-electron chi connectivity index (χ4n) is 3.93. The van der Waals surface area contributed by atoms with Gasteiger partial charge in [-0.25, -0.2) is 9.78 Å². The lowest BCUT2D eigenvalue weighted by Crippen LogP contribution is -2.22. The third-order valence-corrected chi connectivity index (χ3v) is 6.59. The molecule has 1 heterocycles. The summed E-state index contributed by atoms with van der Waals surface area (Å²) in [6.07, 6.45) is 3.56. The Morgan fingerprint density at radius 2 is 1.68 bits per heavy atom. The van der Waals surface area contributed by atoms with E-state index >= 15 is 0 Å². The van der Waals surface area contributed by atoms with Gasteiger partial charge >= 0.3 is 5.97 Å². The van der Waals surface area contributed by atoms with Crippen molar-refractivity contribution in [3.8, 4) is 11.4 Å². The second-order valence-electron chi connectivity index (χ2n) is 8.42. The van der Waals surface area contributed by atoms with E-state index in [1.165, 1.54) is 16.7 Å². The predicted molar refractivity (Wildman–Crippen MR) is 150 cm³/mol. The fraction of sp³-hybridized carbons (Fsp3) is 0.0333. The maximum atomic E-state index is 13.4. The molecule has 0 saturated heterocycles. The van der Waals surface area contributed by atoms with Gasteiger partial charge in [-0.15, -0.1) is 0 Å². The molecule has 0 bridgehead atoms. The molecule has 1 N–H and O–H groups in total. The van der Waals surface area contributed by atoms with Gasteiger partial charge < -0.3 is 9.84 Å². The number of benzene rings is 4. The molecule has 4 aromatic carbocycles. The van der Waals surface area contributed by atoms with Gasteiger partial charge in [0.05, 0.1) is 32.2 Å². The normalized spacial score (nSPS) is 11.2. The largest absolute Gasteiger partial charge is 0.489 e. The number of carboxylic acid groups (broad SMARTS) is 1. The van der Waals surface area contributed by atoms with E-state index in [0.717, 1.165) is 11.1 Å².